The predicted molar refractivity (Wildman–Crippen MR) is 52.9 cm³/mol. The number of benzene rings is 1. The summed E-state index contributed by atoms with van der Waals surface area (Å²) in [6.45, 7) is 3.62. The van der Waals surface area contributed by atoms with Gasteiger partial charge in [-0.15, -0.1) is 6.58 Å². The molecule has 66 valence electrons. The second-order valence-corrected chi connectivity index (χ2v) is 2.84. The number of nitrogens with two attached hydrogens (primary N) is 1. The average Bonchev–Trinajstić information content (AvgIpc) is 2.18. The van der Waals surface area contributed by atoms with Crippen LogP contribution in [0.3, 0.4) is 0 Å². The Labute approximate surface area is 78.3 Å². The lowest BCUT2D eigenvalue weighted by Crippen LogP contribution is -2.06. The summed E-state index contributed by atoms with van der Waals surface area (Å²) in [5.41, 5.74) is 7.76. The fourth-order valence-electron chi connectivity index (χ4n) is 1.14. The molecule has 1 aromatic rings. The molecule has 0 heterocycles. The van der Waals surface area contributed by atoms with Crippen LogP contribution in [0.1, 0.15) is 17.2 Å². The summed E-state index contributed by atoms with van der Waals surface area (Å²) in [6, 6.07) is 9.67. The molecule has 0 saturated heterocycles. The number of hydrogen-bond acceptors (Lipinski definition) is 2. The first-order valence-corrected chi connectivity index (χ1v) is 4.12. The third-order valence-electron chi connectivity index (χ3n) is 1.87. The Balaban J connectivity index is 2.92. The van der Waals surface area contributed by atoms with Crippen molar-refractivity contribution in [3.8, 4) is 6.07 Å². The van der Waals surface area contributed by atoms with E-state index in [1.54, 1.807) is 6.08 Å². The number of rotatable bonds is 3. The van der Waals surface area contributed by atoms with Gasteiger partial charge in [0.05, 0.1) is 12.5 Å². The van der Waals surface area contributed by atoms with Gasteiger partial charge in [0.1, 0.15) is 0 Å². The van der Waals surface area contributed by atoms with Crippen molar-refractivity contribution >= 4 is 0 Å². The van der Waals surface area contributed by atoms with Crippen LogP contribution in [-0.2, 0) is 6.42 Å². The van der Waals surface area contributed by atoms with Crippen LogP contribution in [0, 0.1) is 11.3 Å². The monoisotopic (exact) mass is 172 g/mol. The molecule has 1 atom stereocenters. The van der Waals surface area contributed by atoms with E-state index < -0.39 is 0 Å². The van der Waals surface area contributed by atoms with Gasteiger partial charge in [-0.05, 0) is 11.1 Å². The lowest BCUT2D eigenvalue weighted by atomic mass is 10.0. The molecule has 0 aliphatic carbocycles. The highest BCUT2D eigenvalue weighted by Crippen LogP contribution is 2.13. The van der Waals surface area contributed by atoms with Gasteiger partial charge < -0.3 is 5.73 Å². The highest BCUT2D eigenvalue weighted by atomic mass is 14.6. The van der Waals surface area contributed by atoms with Crippen molar-refractivity contribution < 1.29 is 0 Å². The summed E-state index contributed by atoms with van der Waals surface area (Å²) in [5, 5.41) is 8.50. The van der Waals surface area contributed by atoms with Gasteiger partial charge in [0.15, 0.2) is 0 Å². The summed E-state index contributed by atoms with van der Waals surface area (Å²) >= 11 is 0. The van der Waals surface area contributed by atoms with Crippen LogP contribution in [0.2, 0.25) is 0 Å². The van der Waals surface area contributed by atoms with Gasteiger partial charge in [-0.3, -0.25) is 0 Å². The first kappa shape index (κ1) is 9.50. The second-order valence-electron chi connectivity index (χ2n) is 2.84. The molecular weight excluding hydrogens is 160 g/mol. The lowest BCUT2D eigenvalue weighted by molar-refractivity contribution is 0.911. The van der Waals surface area contributed by atoms with E-state index in [4.69, 9.17) is 11.0 Å². The largest absolute Gasteiger partial charge is 0.321 e. The Morgan fingerprint density at radius 3 is 3.00 bits per heavy atom. The molecular formula is C11H12N2. The molecule has 0 bridgehead atoms. The van der Waals surface area contributed by atoms with Crippen molar-refractivity contribution in [2.75, 3.05) is 0 Å². The quantitative estimate of drug-likeness (QED) is 0.708. The number of hydrogen-bond donors (Lipinski definition) is 1. The van der Waals surface area contributed by atoms with Crippen LogP contribution in [0.5, 0.6) is 0 Å². The topological polar surface area (TPSA) is 49.8 Å². The lowest BCUT2D eigenvalue weighted by Gasteiger charge is -2.06. The Bertz CT molecular complexity index is 336. The molecule has 0 saturated carbocycles. The summed E-state index contributed by atoms with van der Waals surface area (Å²) in [7, 11) is 0. The van der Waals surface area contributed by atoms with Gasteiger partial charge in [0.25, 0.3) is 0 Å². The third-order valence-corrected chi connectivity index (χ3v) is 1.87. The van der Waals surface area contributed by atoms with Crippen molar-refractivity contribution in [3.05, 3.63) is 48.0 Å². The minimum absolute atomic E-state index is 0.140. The Morgan fingerprint density at radius 1 is 1.62 bits per heavy atom. The standard InChI is InChI=1S/C11H12N2/c1-2-11(13)10-5-3-4-9(8-10)6-7-12/h2-5,8,11H,1,6,13H2/t11-/m1/s1. The van der Waals surface area contributed by atoms with Crippen molar-refractivity contribution in [2.45, 2.75) is 12.5 Å². The van der Waals surface area contributed by atoms with Crippen LogP contribution < -0.4 is 5.73 Å². The summed E-state index contributed by atoms with van der Waals surface area (Å²) < 4.78 is 0. The zero-order valence-electron chi connectivity index (χ0n) is 7.40. The van der Waals surface area contributed by atoms with E-state index in [0.29, 0.717) is 6.42 Å². The Kier molecular flexibility index (Phi) is 3.24. The predicted octanol–water partition coefficient (Wildman–Crippen LogP) is 1.94. The fourth-order valence-corrected chi connectivity index (χ4v) is 1.14. The molecule has 13 heavy (non-hydrogen) atoms. The van der Waals surface area contributed by atoms with Crippen molar-refractivity contribution in [1.82, 2.24) is 0 Å². The van der Waals surface area contributed by atoms with E-state index in [1.807, 2.05) is 24.3 Å². The van der Waals surface area contributed by atoms with Gasteiger partial charge in [0, 0.05) is 6.04 Å². The molecule has 0 aromatic heterocycles. The summed E-state index contributed by atoms with van der Waals surface area (Å²) in [5.74, 6) is 0. The van der Waals surface area contributed by atoms with Crippen LogP contribution in [0.15, 0.2) is 36.9 Å². The van der Waals surface area contributed by atoms with Gasteiger partial charge in [-0.2, -0.15) is 5.26 Å². The highest BCUT2D eigenvalue weighted by Gasteiger charge is 2.01. The highest BCUT2D eigenvalue weighted by molar-refractivity contribution is 5.29. The maximum absolute atomic E-state index is 8.50. The van der Waals surface area contributed by atoms with Crippen molar-refractivity contribution in [3.63, 3.8) is 0 Å². The number of nitrogens with zero attached hydrogens (tertiary/aromatic N) is 1. The van der Waals surface area contributed by atoms with E-state index in [0.717, 1.165) is 11.1 Å². The first-order chi connectivity index (χ1) is 6.27. The summed E-state index contributed by atoms with van der Waals surface area (Å²) in [4.78, 5) is 0. The maximum atomic E-state index is 8.50. The van der Waals surface area contributed by atoms with Crippen molar-refractivity contribution in [2.24, 2.45) is 5.73 Å². The van der Waals surface area contributed by atoms with E-state index in [1.165, 1.54) is 0 Å². The molecule has 0 spiro atoms. The van der Waals surface area contributed by atoms with E-state index in [-0.39, 0.29) is 6.04 Å². The molecule has 2 nitrogen and oxygen atoms in total. The van der Waals surface area contributed by atoms with Gasteiger partial charge in [0.2, 0.25) is 0 Å². The molecule has 0 radical (unpaired) electrons. The van der Waals surface area contributed by atoms with Crippen LogP contribution in [-0.4, -0.2) is 0 Å². The Hall–Kier alpha value is -1.59. The van der Waals surface area contributed by atoms with E-state index in [2.05, 4.69) is 12.6 Å². The van der Waals surface area contributed by atoms with Crippen LogP contribution in [0.25, 0.3) is 0 Å². The molecule has 0 aliphatic rings. The maximum Gasteiger partial charge on any atom is 0.0669 e. The van der Waals surface area contributed by atoms with Gasteiger partial charge in [-0.25, -0.2) is 0 Å². The SMILES string of the molecule is C=C[C@@H](N)c1cccc(CC#N)c1. The van der Waals surface area contributed by atoms with Crippen LogP contribution in [0.4, 0.5) is 0 Å². The average molecular weight is 172 g/mol. The molecule has 0 unspecified atom stereocenters. The number of nitriles is 1. The minimum Gasteiger partial charge on any atom is -0.321 e. The minimum atomic E-state index is -0.140. The molecule has 1 aromatic carbocycles. The molecule has 1 rings (SSSR count). The zero-order chi connectivity index (χ0) is 9.68. The molecule has 2 N–H and O–H groups in total. The second kappa shape index (κ2) is 4.44. The van der Waals surface area contributed by atoms with E-state index in [9.17, 15) is 0 Å². The molecule has 2 heteroatoms. The first-order valence-electron chi connectivity index (χ1n) is 4.12. The summed E-state index contributed by atoms with van der Waals surface area (Å²) in [6.07, 6.45) is 2.11. The van der Waals surface area contributed by atoms with E-state index >= 15 is 0 Å². The molecule has 0 aliphatic heterocycles. The van der Waals surface area contributed by atoms with Gasteiger partial charge >= 0.3 is 0 Å². The van der Waals surface area contributed by atoms with Gasteiger partial charge in [-0.1, -0.05) is 30.3 Å². The fraction of sp³-hybridized carbons (Fsp3) is 0.182. The Morgan fingerprint density at radius 2 is 2.38 bits per heavy atom. The zero-order valence-corrected chi connectivity index (χ0v) is 7.40. The molecule has 0 fully saturated rings. The third kappa shape index (κ3) is 2.43. The smallest absolute Gasteiger partial charge is 0.0669 e. The molecule has 0 amide bonds. The normalized spacial score (nSPS) is 11.7. The van der Waals surface area contributed by atoms with Crippen molar-refractivity contribution in [1.29, 1.82) is 5.26 Å². The van der Waals surface area contributed by atoms with Crippen LogP contribution >= 0.6 is 0 Å².